The first-order valence-electron chi connectivity index (χ1n) is 10.2. The van der Waals surface area contributed by atoms with E-state index in [9.17, 15) is 0 Å². The fourth-order valence-electron chi connectivity index (χ4n) is 3.91. The van der Waals surface area contributed by atoms with Gasteiger partial charge in [0.05, 0.1) is 0 Å². The quantitative estimate of drug-likeness (QED) is 0.304. The van der Waals surface area contributed by atoms with E-state index < -0.39 is 5.31 Å². The molecule has 0 fully saturated rings. The van der Waals surface area contributed by atoms with Gasteiger partial charge in [0.15, 0.2) is 0 Å². The maximum atomic E-state index is 15.8. The SMILES string of the molecule is CCCC/C(C)=C(\F)CP(Br)(c1ccccc1)(c1ccccc1)c1ccccc1. The summed E-state index contributed by atoms with van der Waals surface area (Å²) in [5.74, 6) is 0.00421. The fourth-order valence-corrected chi connectivity index (χ4v) is 11.3. The van der Waals surface area contributed by atoms with E-state index in [0.717, 1.165) is 40.7 Å². The van der Waals surface area contributed by atoms with Crippen molar-refractivity contribution in [3.63, 3.8) is 0 Å². The van der Waals surface area contributed by atoms with Gasteiger partial charge in [-0.05, 0) is 0 Å². The molecule has 0 unspecified atom stereocenters. The molecule has 0 aliphatic carbocycles. The van der Waals surface area contributed by atoms with Crippen molar-refractivity contribution in [1.82, 2.24) is 0 Å². The average Bonchev–Trinajstić information content (AvgIpc) is 2.79. The van der Waals surface area contributed by atoms with Gasteiger partial charge in [-0.25, -0.2) is 0 Å². The monoisotopic (exact) mass is 470 g/mol. The predicted molar refractivity (Wildman–Crippen MR) is 132 cm³/mol. The Balaban J connectivity index is 2.33. The van der Waals surface area contributed by atoms with E-state index in [2.05, 4.69) is 95.2 Å². The van der Waals surface area contributed by atoms with Gasteiger partial charge in [0.2, 0.25) is 0 Å². The van der Waals surface area contributed by atoms with Gasteiger partial charge in [-0.2, -0.15) is 0 Å². The Morgan fingerprint density at radius 1 is 0.759 bits per heavy atom. The Bertz CT molecular complexity index is 852. The third-order valence-corrected chi connectivity index (χ3v) is 15.1. The standard InChI is InChI=1S/C26H29BrFP/c1-3-4-14-22(2)26(28)21-29(27,23-15-8-5-9-16-23,24-17-10-6-11-18-24)25-19-12-7-13-20-25/h5-13,15-20H,3-4,14,21H2,1-2H3/b26-22-. The zero-order chi connectivity index (χ0) is 20.8. The third-order valence-electron chi connectivity index (χ3n) is 5.69. The molecule has 0 atom stereocenters. The van der Waals surface area contributed by atoms with Crippen molar-refractivity contribution in [1.29, 1.82) is 0 Å². The first-order chi connectivity index (χ1) is 14.0. The minimum atomic E-state index is -3.23. The second-order valence-corrected chi connectivity index (χ2v) is 16.6. The van der Waals surface area contributed by atoms with Gasteiger partial charge in [0.1, 0.15) is 0 Å². The van der Waals surface area contributed by atoms with Crippen molar-refractivity contribution in [3.8, 4) is 0 Å². The summed E-state index contributed by atoms with van der Waals surface area (Å²) in [6, 6.07) is 31.2. The topological polar surface area (TPSA) is 0 Å². The summed E-state index contributed by atoms with van der Waals surface area (Å²) in [5.41, 5.74) is 0.864. The van der Waals surface area contributed by atoms with E-state index in [-0.39, 0.29) is 5.83 Å². The van der Waals surface area contributed by atoms with Gasteiger partial charge in [-0.15, -0.1) is 0 Å². The van der Waals surface area contributed by atoms with E-state index in [1.807, 2.05) is 25.1 Å². The van der Waals surface area contributed by atoms with Crippen LogP contribution in [0.5, 0.6) is 0 Å². The van der Waals surface area contributed by atoms with Crippen molar-refractivity contribution < 1.29 is 4.39 Å². The molecule has 0 aromatic heterocycles. The van der Waals surface area contributed by atoms with Gasteiger partial charge in [0, 0.05) is 0 Å². The molecule has 0 bridgehead atoms. The fraction of sp³-hybridized carbons (Fsp3) is 0.231. The number of allylic oxidation sites excluding steroid dienone is 2. The molecule has 3 aromatic carbocycles. The normalized spacial score (nSPS) is 14.0. The molecule has 0 N–H and O–H groups in total. The van der Waals surface area contributed by atoms with E-state index in [1.165, 1.54) is 0 Å². The van der Waals surface area contributed by atoms with Gasteiger partial charge < -0.3 is 0 Å². The van der Waals surface area contributed by atoms with Crippen LogP contribution in [0.1, 0.15) is 33.1 Å². The molecule has 0 aliphatic heterocycles. The zero-order valence-corrected chi connectivity index (χ0v) is 19.7. The number of halogens is 2. The van der Waals surface area contributed by atoms with Crippen molar-refractivity contribution in [3.05, 3.63) is 102 Å². The predicted octanol–water partition coefficient (Wildman–Crippen LogP) is 7.26. The van der Waals surface area contributed by atoms with E-state index in [0.29, 0.717) is 6.16 Å². The molecule has 0 aliphatic rings. The van der Waals surface area contributed by atoms with Crippen LogP contribution in [-0.2, 0) is 0 Å². The van der Waals surface area contributed by atoms with Crippen LogP contribution in [0.3, 0.4) is 0 Å². The van der Waals surface area contributed by atoms with E-state index >= 15 is 4.39 Å². The molecule has 3 rings (SSSR count). The number of unbranched alkanes of at least 4 members (excludes halogenated alkanes) is 1. The van der Waals surface area contributed by atoms with Crippen molar-refractivity contribution in [2.45, 2.75) is 33.1 Å². The Kier molecular flexibility index (Phi) is 7.09. The molecule has 0 saturated carbocycles. The number of benzene rings is 3. The number of rotatable bonds is 8. The molecule has 3 aromatic rings. The Morgan fingerprint density at radius 3 is 1.48 bits per heavy atom. The first-order valence-corrected chi connectivity index (χ1v) is 14.7. The molecule has 3 heteroatoms. The van der Waals surface area contributed by atoms with E-state index in [1.54, 1.807) is 0 Å². The Hall–Kier alpha value is -1.76. The van der Waals surface area contributed by atoms with Crippen LogP contribution in [0.2, 0.25) is 0 Å². The summed E-state index contributed by atoms with van der Waals surface area (Å²) in [6.45, 7) is 4.09. The molecule has 0 spiro atoms. The van der Waals surface area contributed by atoms with Gasteiger partial charge in [0.25, 0.3) is 0 Å². The van der Waals surface area contributed by atoms with Crippen molar-refractivity contribution in [2.24, 2.45) is 0 Å². The maximum absolute atomic E-state index is 15.8. The summed E-state index contributed by atoms with van der Waals surface area (Å²) in [5, 5.41) is 0.217. The molecule has 0 amide bonds. The summed E-state index contributed by atoms with van der Waals surface area (Å²) in [7, 11) is 0. The minimum absolute atomic E-state index is 0.00421. The van der Waals surface area contributed by atoms with Crippen LogP contribution < -0.4 is 15.9 Å². The van der Waals surface area contributed by atoms with Crippen molar-refractivity contribution >= 4 is 36.7 Å². The Labute approximate surface area is 182 Å². The second-order valence-electron chi connectivity index (χ2n) is 7.64. The molecule has 0 radical (unpaired) electrons. The first kappa shape index (κ1) is 21.9. The molecule has 152 valence electrons. The molecular formula is C26H29BrFP. The summed E-state index contributed by atoms with van der Waals surface area (Å²) in [6.07, 6.45) is 3.23. The van der Waals surface area contributed by atoms with Crippen LogP contribution in [0.25, 0.3) is 0 Å². The van der Waals surface area contributed by atoms with Crippen LogP contribution in [0, 0.1) is 0 Å². The summed E-state index contributed by atoms with van der Waals surface area (Å²) < 4.78 is 15.8. The average molecular weight is 471 g/mol. The van der Waals surface area contributed by atoms with Gasteiger partial charge in [-0.1, -0.05) is 0 Å². The number of hydrogen-bond donors (Lipinski definition) is 0. The van der Waals surface area contributed by atoms with Crippen molar-refractivity contribution in [2.75, 3.05) is 6.16 Å². The second kappa shape index (κ2) is 9.37. The molecule has 29 heavy (non-hydrogen) atoms. The molecule has 0 heterocycles. The zero-order valence-electron chi connectivity index (χ0n) is 17.2. The van der Waals surface area contributed by atoms with Crippen LogP contribution in [0.4, 0.5) is 4.39 Å². The Morgan fingerprint density at radius 2 is 1.14 bits per heavy atom. The van der Waals surface area contributed by atoms with Crippen LogP contribution in [-0.4, -0.2) is 6.16 Å². The van der Waals surface area contributed by atoms with Crippen LogP contribution in [0.15, 0.2) is 102 Å². The molecule has 0 saturated heterocycles. The summed E-state index contributed by atoms with van der Waals surface area (Å²) in [4.78, 5) is 0. The molecule has 0 nitrogen and oxygen atoms in total. The third kappa shape index (κ3) is 4.25. The molecular weight excluding hydrogens is 442 g/mol. The van der Waals surface area contributed by atoms with Gasteiger partial charge in [-0.3, -0.25) is 0 Å². The number of hydrogen-bond acceptors (Lipinski definition) is 0. The van der Waals surface area contributed by atoms with Gasteiger partial charge >= 0.3 is 183 Å². The van der Waals surface area contributed by atoms with E-state index in [4.69, 9.17) is 0 Å². The summed E-state index contributed by atoms with van der Waals surface area (Å²) >= 11 is 4.31. The van der Waals surface area contributed by atoms with Crippen LogP contribution >= 0.6 is 20.8 Å².